The molecule has 1 amide bonds. The average molecular weight is 312 g/mol. The minimum absolute atomic E-state index is 0.000880. The van der Waals surface area contributed by atoms with Crippen LogP contribution in [0, 0.1) is 13.8 Å². The number of aryl methyl sites for hydroxylation is 2. The molecule has 7 nitrogen and oxygen atoms in total. The molecule has 1 aromatic carbocycles. The van der Waals surface area contributed by atoms with Crippen LogP contribution < -0.4 is 5.32 Å². The second-order valence-electron chi connectivity index (χ2n) is 5.03. The van der Waals surface area contributed by atoms with Crippen molar-refractivity contribution in [3.8, 4) is 0 Å². The van der Waals surface area contributed by atoms with E-state index in [9.17, 15) is 18.0 Å². The van der Waals surface area contributed by atoms with Gasteiger partial charge in [0.05, 0.1) is 11.4 Å². The van der Waals surface area contributed by atoms with Crippen molar-refractivity contribution in [2.24, 2.45) is 0 Å². The molecule has 0 radical (unpaired) electrons. The first-order valence-electron chi connectivity index (χ1n) is 6.31. The predicted octanol–water partition coefficient (Wildman–Crippen LogP) is -0.123. The van der Waals surface area contributed by atoms with Gasteiger partial charge in [-0.1, -0.05) is 6.07 Å². The van der Waals surface area contributed by atoms with Gasteiger partial charge in [0.2, 0.25) is 15.9 Å². The molecule has 1 aromatic rings. The summed E-state index contributed by atoms with van der Waals surface area (Å²) in [5, 5.41) is 11.5. The van der Waals surface area contributed by atoms with Gasteiger partial charge in [-0.2, -0.15) is 4.31 Å². The summed E-state index contributed by atoms with van der Waals surface area (Å²) in [6.07, 6.45) is 0. The molecule has 0 aliphatic carbocycles. The number of carboxylic acids is 1. The first-order chi connectivity index (χ1) is 9.71. The fourth-order valence-corrected chi connectivity index (χ4v) is 4.03. The van der Waals surface area contributed by atoms with Crippen LogP contribution in [0.2, 0.25) is 0 Å². The van der Waals surface area contributed by atoms with Gasteiger partial charge in [0, 0.05) is 6.54 Å². The summed E-state index contributed by atoms with van der Waals surface area (Å²) in [7, 11) is -4.04. The summed E-state index contributed by atoms with van der Waals surface area (Å²) in [6, 6.07) is 3.45. The Bertz CT molecular complexity index is 678. The molecule has 1 heterocycles. The Hall–Kier alpha value is -1.93. The lowest BCUT2D eigenvalue weighted by molar-refractivity contribution is -0.143. The van der Waals surface area contributed by atoms with E-state index >= 15 is 0 Å². The number of sulfonamides is 1. The number of carboxylic acid groups (broad SMARTS) is 1. The number of aliphatic carboxylic acids is 1. The second-order valence-corrected chi connectivity index (χ2v) is 6.92. The monoisotopic (exact) mass is 312 g/mol. The Morgan fingerprint density at radius 2 is 1.86 bits per heavy atom. The molecule has 2 N–H and O–H groups in total. The number of piperazine rings is 1. The molecular formula is C13H16N2O5S. The van der Waals surface area contributed by atoms with Crippen molar-refractivity contribution >= 4 is 21.9 Å². The topological polar surface area (TPSA) is 104 Å². The first-order valence-corrected chi connectivity index (χ1v) is 7.75. The number of rotatable bonds is 3. The Morgan fingerprint density at radius 3 is 2.38 bits per heavy atom. The third-order valence-corrected chi connectivity index (χ3v) is 5.06. The van der Waals surface area contributed by atoms with Gasteiger partial charge in [0.1, 0.15) is 6.04 Å². The third kappa shape index (κ3) is 3.06. The van der Waals surface area contributed by atoms with Crippen molar-refractivity contribution in [1.82, 2.24) is 9.62 Å². The normalized spacial score (nSPS) is 20.1. The Labute approximate surface area is 122 Å². The quantitative estimate of drug-likeness (QED) is 0.809. The molecule has 1 atom stereocenters. The maximum Gasteiger partial charge on any atom is 0.323 e. The predicted molar refractivity (Wildman–Crippen MR) is 74.2 cm³/mol. The maximum absolute atomic E-state index is 12.6. The van der Waals surface area contributed by atoms with Crippen LogP contribution in [0.5, 0.6) is 0 Å². The van der Waals surface area contributed by atoms with E-state index in [1.165, 1.54) is 12.1 Å². The Kier molecular flexibility index (Phi) is 4.02. The number of carbonyl (C=O) groups is 2. The van der Waals surface area contributed by atoms with Gasteiger partial charge in [-0.3, -0.25) is 9.59 Å². The standard InChI is InChI=1S/C13H16N2O5S/c1-8-3-9(2)5-10(4-8)21(19,20)15-7-12(16)14-6-11(15)13(17)18/h3-5,11H,6-7H2,1-2H3,(H,14,16)(H,17,18). The molecule has 0 bridgehead atoms. The smallest absolute Gasteiger partial charge is 0.323 e. The molecule has 114 valence electrons. The van der Waals surface area contributed by atoms with Crippen LogP contribution in [0.15, 0.2) is 23.1 Å². The molecule has 21 heavy (non-hydrogen) atoms. The summed E-state index contributed by atoms with van der Waals surface area (Å²) in [6.45, 7) is 2.78. The van der Waals surface area contributed by atoms with Gasteiger partial charge < -0.3 is 10.4 Å². The van der Waals surface area contributed by atoms with E-state index in [0.717, 1.165) is 15.4 Å². The van der Waals surface area contributed by atoms with E-state index < -0.39 is 34.5 Å². The zero-order valence-corrected chi connectivity index (χ0v) is 12.5. The van der Waals surface area contributed by atoms with Crippen molar-refractivity contribution in [3.63, 3.8) is 0 Å². The maximum atomic E-state index is 12.6. The molecule has 1 fully saturated rings. The van der Waals surface area contributed by atoms with Crippen LogP contribution in [0.3, 0.4) is 0 Å². The molecule has 2 rings (SSSR count). The van der Waals surface area contributed by atoms with Gasteiger partial charge in [-0.25, -0.2) is 8.42 Å². The fraction of sp³-hybridized carbons (Fsp3) is 0.385. The molecule has 1 unspecified atom stereocenters. The summed E-state index contributed by atoms with van der Waals surface area (Å²) in [5.74, 6) is -1.80. The summed E-state index contributed by atoms with van der Waals surface area (Å²) >= 11 is 0. The van der Waals surface area contributed by atoms with Crippen LogP contribution in [0.1, 0.15) is 11.1 Å². The molecule has 1 aliphatic rings. The Balaban J connectivity index is 2.49. The van der Waals surface area contributed by atoms with Crippen LogP contribution in [0.4, 0.5) is 0 Å². The summed E-state index contributed by atoms with van der Waals surface area (Å²) in [5.41, 5.74) is 1.50. The van der Waals surface area contributed by atoms with E-state index in [4.69, 9.17) is 5.11 Å². The van der Waals surface area contributed by atoms with Crippen LogP contribution in [-0.2, 0) is 19.6 Å². The summed E-state index contributed by atoms with van der Waals surface area (Å²) < 4.78 is 26.0. The highest BCUT2D eigenvalue weighted by atomic mass is 32.2. The molecule has 0 saturated carbocycles. The number of nitrogens with one attached hydrogen (secondary N) is 1. The third-order valence-electron chi connectivity index (χ3n) is 3.23. The van der Waals surface area contributed by atoms with Crippen LogP contribution >= 0.6 is 0 Å². The lowest BCUT2D eigenvalue weighted by Gasteiger charge is -2.31. The number of carbonyl (C=O) groups excluding carboxylic acids is 1. The molecule has 8 heteroatoms. The molecular weight excluding hydrogens is 296 g/mol. The lowest BCUT2D eigenvalue weighted by Crippen LogP contribution is -2.59. The van der Waals surface area contributed by atoms with Crippen molar-refractivity contribution in [2.75, 3.05) is 13.1 Å². The number of hydrogen-bond donors (Lipinski definition) is 2. The number of benzene rings is 1. The molecule has 0 aromatic heterocycles. The van der Waals surface area contributed by atoms with E-state index in [2.05, 4.69) is 5.32 Å². The van der Waals surface area contributed by atoms with Gasteiger partial charge in [0.25, 0.3) is 0 Å². The minimum Gasteiger partial charge on any atom is -0.480 e. The highest BCUT2D eigenvalue weighted by molar-refractivity contribution is 7.89. The van der Waals surface area contributed by atoms with Gasteiger partial charge in [-0.05, 0) is 37.1 Å². The zero-order chi connectivity index (χ0) is 15.8. The highest BCUT2D eigenvalue weighted by Gasteiger charge is 2.40. The van der Waals surface area contributed by atoms with Crippen molar-refractivity contribution in [1.29, 1.82) is 0 Å². The number of hydrogen-bond acceptors (Lipinski definition) is 4. The SMILES string of the molecule is Cc1cc(C)cc(S(=O)(=O)N2CC(=O)NCC2C(=O)O)c1. The van der Waals surface area contributed by atoms with Gasteiger partial charge >= 0.3 is 5.97 Å². The van der Waals surface area contributed by atoms with E-state index in [1.54, 1.807) is 13.8 Å². The van der Waals surface area contributed by atoms with Crippen molar-refractivity contribution in [3.05, 3.63) is 29.3 Å². The zero-order valence-electron chi connectivity index (χ0n) is 11.7. The minimum atomic E-state index is -4.04. The molecule has 1 aliphatic heterocycles. The van der Waals surface area contributed by atoms with Gasteiger partial charge in [-0.15, -0.1) is 0 Å². The number of nitrogens with zero attached hydrogens (tertiary/aromatic N) is 1. The van der Waals surface area contributed by atoms with E-state index in [-0.39, 0.29) is 11.4 Å². The van der Waals surface area contributed by atoms with Gasteiger partial charge in [0.15, 0.2) is 0 Å². The van der Waals surface area contributed by atoms with Crippen LogP contribution in [-0.4, -0.2) is 48.8 Å². The first kappa shape index (κ1) is 15.5. The second kappa shape index (κ2) is 5.45. The fourth-order valence-electron chi connectivity index (χ4n) is 2.30. The molecule has 0 spiro atoms. The lowest BCUT2D eigenvalue weighted by atomic mass is 10.2. The van der Waals surface area contributed by atoms with Crippen molar-refractivity contribution in [2.45, 2.75) is 24.8 Å². The highest BCUT2D eigenvalue weighted by Crippen LogP contribution is 2.22. The van der Waals surface area contributed by atoms with E-state index in [1.807, 2.05) is 6.07 Å². The summed E-state index contributed by atoms with van der Waals surface area (Å²) in [4.78, 5) is 22.7. The average Bonchev–Trinajstić information content (AvgIpc) is 2.37. The van der Waals surface area contributed by atoms with E-state index in [0.29, 0.717) is 0 Å². The largest absolute Gasteiger partial charge is 0.480 e. The number of amides is 1. The van der Waals surface area contributed by atoms with Crippen LogP contribution in [0.25, 0.3) is 0 Å². The Morgan fingerprint density at radius 1 is 1.29 bits per heavy atom. The van der Waals surface area contributed by atoms with Crippen molar-refractivity contribution < 1.29 is 23.1 Å². The molecule has 1 saturated heterocycles.